The van der Waals surface area contributed by atoms with Gasteiger partial charge < -0.3 is 15.0 Å². The van der Waals surface area contributed by atoms with E-state index in [0.717, 1.165) is 43.3 Å². The van der Waals surface area contributed by atoms with Crippen molar-refractivity contribution in [2.45, 2.75) is 18.9 Å². The molecule has 0 fully saturated rings. The number of benzene rings is 1. The quantitative estimate of drug-likeness (QED) is 0.856. The summed E-state index contributed by atoms with van der Waals surface area (Å²) in [4.78, 5) is 6.83. The van der Waals surface area contributed by atoms with Gasteiger partial charge in [-0.3, -0.25) is 4.99 Å². The van der Waals surface area contributed by atoms with Crippen LogP contribution >= 0.6 is 0 Å². The summed E-state index contributed by atoms with van der Waals surface area (Å²) in [5, 5.41) is 3.37. The Morgan fingerprint density at radius 1 is 1.55 bits per heavy atom. The highest BCUT2D eigenvalue weighted by molar-refractivity contribution is 5.94. The van der Waals surface area contributed by atoms with E-state index in [1.165, 1.54) is 5.56 Å². The number of nitrogens with zero attached hydrogens (tertiary/aromatic N) is 2. The molecule has 3 rings (SSSR count). The molecule has 1 atom stereocenters. The van der Waals surface area contributed by atoms with Crippen LogP contribution in [0.15, 0.2) is 35.8 Å². The van der Waals surface area contributed by atoms with Crippen LogP contribution in [0, 0.1) is 6.92 Å². The second-order valence-corrected chi connectivity index (χ2v) is 5.57. The zero-order valence-corrected chi connectivity index (χ0v) is 12.1. The van der Waals surface area contributed by atoms with Crippen LogP contribution in [-0.2, 0) is 0 Å². The lowest BCUT2D eigenvalue weighted by Gasteiger charge is -2.43. The summed E-state index contributed by atoms with van der Waals surface area (Å²) in [5.74, 6) is 1.87. The van der Waals surface area contributed by atoms with Crippen molar-refractivity contribution < 1.29 is 4.74 Å². The molecule has 0 amide bonds. The topological polar surface area (TPSA) is 36.9 Å². The predicted octanol–water partition coefficient (Wildman–Crippen LogP) is 2.14. The molecule has 0 spiro atoms. The van der Waals surface area contributed by atoms with Gasteiger partial charge in [-0.1, -0.05) is 12.1 Å². The second kappa shape index (κ2) is 4.85. The molecule has 106 valence electrons. The molecule has 0 bridgehead atoms. The van der Waals surface area contributed by atoms with Crippen LogP contribution in [0.2, 0.25) is 0 Å². The van der Waals surface area contributed by atoms with Gasteiger partial charge in [0.2, 0.25) is 0 Å². The minimum absolute atomic E-state index is 0.435. The van der Waals surface area contributed by atoms with Crippen molar-refractivity contribution >= 4 is 11.5 Å². The van der Waals surface area contributed by atoms with E-state index in [1.54, 1.807) is 0 Å². The van der Waals surface area contributed by atoms with Crippen molar-refractivity contribution in [3.05, 3.63) is 36.4 Å². The normalized spacial score (nSPS) is 24.5. The molecule has 0 saturated carbocycles. The molecule has 1 unspecified atom stereocenters. The van der Waals surface area contributed by atoms with Crippen LogP contribution in [0.25, 0.3) is 0 Å². The van der Waals surface area contributed by atoms with Gasteiger partial charge in [-0.05, 0) is 24.6 Å². The van der Waals surface area contributed by atoms with Gasteiger partial charge in [-0.15, -0.1) is 6.58 Å². The molecule has 0 aliphatic carbocycles. The van der Waals surface area contributed by atoms with E-state index in [1.807, 2.05) is 12.1 Å². The first-order valence-electron chi connectivity index (χ1n) is 7.05. The van der Waals surface area contributed by atoms with Gasteiger partial charge >= 0.3 is 0 Å². The number of anilines is 1. The van der Waals surface area contributed by atoms with Crippen molar-refractivity contribution in [1.82, 2.24) is 5.32 Å². The first-order valence-corrected chi connectivity index (χ1v) is 7.05. The highest BCUT2D eigenvalue weighted by Gasteiger charge is 2.43. The van der Waals surface area contributed by atoms with E-state index in [4.69, 9.17) is 4.74 Å². The summed E-state index contributed by atoms with van der Waals surface area (Å²) in [6, 6.07) is 6.30. The first-order chi connectivity index (χ1) is 9.64. The number of hydrogen-bond donors (Lipinski definition) is 1. The molecule has 2 aliphatic heterocycles. The zero-order valence-electron chi connectivity index (χ0n) is 12.1. The number of hydrogen-bond acceptors (Lipinski definition) is 4. The number of aliphatic imine (C=N–C) groups is 1. The van der Waals surface area contributed by atoms with Crippen LogP contribution in [0.1, 0.15) is 12.0 Å². The molecule has 0 aromatic heterocycles. The molecule has 1 aromatic carbocycles. The predicted molar refractivity (Wildman–Crippen MR) is 82.9 cm³/mol. The Morgan fingerprint density at radius 2 is 2.40 bits per heavy atom. The molecule has 2 aliphatic rings. The average molecular weight is 271 g/mol. The second-order valence-electron chi connectivity index (χ2n) is 5.57. The van der Waals surface area contributed by atoms with Crippen molar-refractivity contribution in [1.29, 1.82) is 0 Å². The van der Waals surface area contributed by atoms with E-state index in [-0.39, 0.29) is 0 Å². The van der Waals surface area contributed by atoms with Gasteiger partial charge in [-0.25, -0.2) is 0 Å². The fraction of sp³-hybridized carbons (Fsp3) is 0.438. The minimum atomic E-state index is -0.435. The average Bonchev–Trinajstić information content (AvgIpc) is 2.95. The fourth-order valence-electron chi connectivity index (χ4n) is 2.99. The van der Waals surface area contributed by atoms with Gasteiger partial charge in [0.25, 0.3) is 0 Å². The maximum absolute atomic E-state index is 6.36. The summed E-state index contributed by atoms with van der Waals surface area (Å²) in [5.41, 5.74) is 1.95. The number of ether oxygens (including phenoxy) is 1. The summed E-state index contributed by atoms with van der Waals surface area (Å²) in [6.45, 7) is 8.48. The largest absolute Gasteiger partial charge is 0.475 e. The lowest BCUT2D eigenvalue weighted by molar-refractivity contribution is 0.137. The first kappa shape index (κ1) is 13.0. The van der Waals surface area contributed by atoms with Crippen molar-refractivity contribution in [2.24, 2.45) is 4.99 Å². The van der Waals surface area contributed by atoms with E-state index in [0.29, 0.717) is 0 Å². The Morgan fingerprint density at radius 3 is 3.10 bits per heavy atom. The van der Waals surface area contributed by atoms with Crippen molar-refractivity contribution in [3.63, 3.8) is 0 Å². The van der Waals surface area contributed by atoms with Crippen molar-refractivity contribution in [3.8, 4) is 5.75 Å². The van der Waals surface area contributed by atoms with Gasteiger partial charge in [0.05, 0.1) is 18.8 Å². The Hall–Kier alpha value is -1.97. The molecular formula is C16H21N3O. The molecule has 0 radical (unpaired) electrons. The maximum Gasteiger partial charge on any atom is 0.186 e. The maximum atomic E-state index is 6.36. The number of likely N-dealkylation sites (N-methyl/N-ethyl adjacent to an activating group) is 1. The lowest BCUT2D eigenvalue weighted by atomic mass is 9.94. The minimum Gasteiger partial charge on any atom is -0.475 e. The Labute approximate surface area is 120 Å². The van der Waals surface area contributed by atoms with Gasteiger partial charge in [0.15, 0.2) is 5.60 Å². The third-order valence-electron chi connectivity index (χ3n) is 3.90. The number of rotatable bonds is 3. The van der Waals surface area contributed by atoms with E-state index in [2.05, 4.69) is 47.9 Å². The Balaban J connectivity index is 2.02. The van der Waals surface area contributed by atoms with Crippen LogP contribution in [0.5, 0.6) is 5.75 Å². The molecule has 0 saturated heterocycles. The van der Waals surface area contributed by atoms with E-state index >= 15 is 0 Å². The lowest BCUT2D eigenvalue weighted by Crippen LogP contribution is -2.58. The number of amidine groups is 1. The number of aryl methyl sites for hydroxylation is 1. The number of nitrogens with one attached hydrogen (secondary N) is 1. The monoisotopic (exact) mass is 271 g/mol. The highest BCUT2D eigenvalue weighted by Crippen LogP contribution is 2.39. The number of fused-ring (bicyclic) bond motifs is 1. The van der Waals surface area contributed by atoms with Gasteiger partial charge in [0.1, 0.15) is 11.6 Å². The van der Waals surface area contributed by atoms with Crippen LogP contribution < -0.4 is 15.0 Å². The van der Waals surface area contributed by atoms with Gasteiger partial charge in [-0.2, -0.15) is 0 Å². The molecule has 2 heterocycles. The zero-order chi connectivity index (χ0) is 14.2. The summed E-state index contributed by atoms with van der Waals surface area (Å²) < 4.78 is 6.36. The van der Waals surface area contributed by atoms with Crippen molar-refractivity contribution in [2.75, 3.05) is 31.6 Å². The van der Waals surface area contributed by atoms with E-state index < -0.39 is 5.60 Å². The highest BCUT2D eigenvalue weighted by atomic mass is 16.5. The molecule has 4 heteroatoms. The Bertz CT molecular complexity index is 567. The molecule has 1 aromatic rings. The third-order valence-corrected chi connectivity index (χ3v) is 3.90. The van der Waals surface area contributed by atoms with Crippen LogP contribution in [-0.4, -0.2) is 38.1 Å². The Kier molecular flexibility index (Phi) is 3.16. The fourth-order valence-corrected chi connectivity index (χ4v) is 2.99. The summed E-state index contributed by atoms with van der Waals surface area (Å²) >= 11 is 0. The summed E-state index contributed by atoms with van der Waals surface area (Å²) in [6.07, 6.45) is 2.66. The van der Waals surface area contributed by atoms with E-state index in [9.17, 15) is 0 Å². The van der Waals surface area contributed by atoms with Crippen LogP contribution in [0.4, 0.5) is 5.69 Å². The standard InChI is InChI=1S/C16H21N3O/c1-4-7-16(15-17-8-9-18-15)11-19(3)13-10-12(2)5-6-14(13)20-16/h4-6,10H,1,7-9,11H2,2-3H3,(H,17,18). The molecular weight excluding hydrogens is 250 g/mol. The van der Waals surface area contributed by atoms with Crippen LogP contribution in [0.3, 0.4) is 0 Å². The SMILES string of the molecule is C=CCC1(C2=NCCN2)CN(C)c2cc(C)ccc2O1. The smallest absolute Gasteiger partial charge is 0.186 e. The third kappa shape index (κ3) is 2.05. The molecule has 20 heavy (non-hydrogen) atoms. The molecule has 1 N–H and O–H groups in total. The summed E-state index contributed by atoms with van der Waals surface area (Å²) in [7, 11) is 2.11. The molecule has 4 nitrogen and oxygen atoms in total. The van der Waals surface area contributed by atoms with Gasteiger partial charge in [0, 0.05) is 20.0 Å².